The van der Waals surface area contributed by atoms with Gasteiger partial charge in [-0.15, -0.1) is 0 Å². The molecular formula is C20H25ClN2O4S. The lowest BCUT2D eigenvalue weighted by atomic mass is 10.1. The molecule has 1 atom stereocenters. The molecule has 8 heteroatoms. The predicted molar refractivity (Wildman–Crippen MR) is 113 cm³/mol. The molecule has 1 amide bonds. The summed E-state index contributed by atoms with van der Waals surface area (Å²) in [6.07, 6.45) is 1.10. The van der Waals surface area contributed by atoms with Crippen LogP contribution in [0.5, 0.6) is 5.75 Å². The number of carbonyl (C=O) groups excluding carboxylic acids is 1. The van der Waals surface area contributed by atoms with E-state index >= 15 is 0 Å². The van der Waals surface area contributed by atoms with E-state index in [2.05, 4.69) is 5.32 Å². The normalized spacial score (nSPS) is 12.3. The summed E-state index contributed by atoms with van der Waals surface area (Å²) in [7, 11) is -3.66. The number of nitrogens with zero attached hydrogens (tertiary/aromatic N) is 1. The van der Waals surface area contributed by atoms with Crippen LogP contribution >= 0.6 is 11.6 Å². The molecule has 0 aliphatic heterocycles. The maximum atomic E-state index is 12.6. The first-order valence-corrected chi connectivity index (χ1v) is 11.1. The minimum absolute atomic E-state index is 0.213. The first-order chi connectivity index (χ1) is 13.1. The molecule has 0 spiro atoms. The third-order valence-electron chi connectivity index (χ3n) is 4.19. The van der Waals surface area contributed by atoms with Crippen molar-refractivity contribution in [2.24, 2.45) is 0 Å². The van der Waals surface area contributed by atoms with Gasteiger partial charge < -0.3 is 10.1 Å². The van der Waals surface area contributed by atoms with Crippen molar-refractivity contribution in [3.8, 4) is 5.75 Å². The summed E-state index contributed by atoms with van der Waals surface area (Å²) in [5.74, 6) is 0.119. The highest BCUT2D eigenvalue weighted by atomic mass is 35.5. The molecule has 0 bridgehead atoms. The number of hydrogen-bond acceptors (Lipinski definition) is 4. The van der Waals surface area contributed by atoms with Gasteiger partial charge in [-0.25, -0.2) is 8.42 Å². The summed E-state index contributed by atoms with van der Waals surface area (Å²) in [5, 5.41) is 3.20. The van der Waals surface area contributed by atoms with Crippen molar-refractivity contribution in [3.05, 3.63) is 58.6 Å². The van der Waals surface area contributed by atoms with E-state index in [9.17, 15) is 13.2 Å². The number of aryl methyl sites for hydroxylation is 2. The van der Waals surface area contributed by atoms with Gasteiger partial charge in [0.15, 0.2) is 0 Å². The quantitative estimate of drug-likeness (QED) is 0.659. The van der Waals surface area contributed by atoms with Crippen LogP contribution in [0.3, 0.4) is 0 Å². The molecule has 2 aromatic rings. The van der Waals surface area contributed by atoms with E-state index in [1.807, 2.05) is 26.0 Å². The summed E-state index contributed by atoms with van der Waals surface area (Å²) in [6, 6.07) is 11.6. The van der Waals surface area contributed by atoms with Gasteiger partial charge in [0.25, 0.3) is 0 Å². The van der Waals surface area contributed by atoms with Crippen molar-refractivity contribution in [1.29, 1.82) is 0 Å². The highest BCUT2D eigenvalue weighted by Gasteiger charge is 2.30. The first-order valence-electron chi connectivity index (χ1n) is 8.83. The van der Waals surface area contributed by atoms with Gasteiger partial charge in [0.1, 0.15) is 18.4 Å². The van der Waals surface area contributed by atoms with Crippen LogP contribution in [0.2, 0.25) is 5.02 Å². The Morgan fingerprint density at radius 2 is 1.89 bits per heavy atom. The molecule has 0 saturated heterocycles. The Bertz CT molecular complexity index is 947. The van der Waals surface area contributed by atoms with E-state index in [1.165, 1.54) is 0 Å². The number of sulfonamides is 1. The highest BCUT2D eigenvalue weighted by molar-refractivity contribution is 7.92. The van der Waals surface area contributed by atoms with Gasteiger partial charge in [-0.3, -0.25) is 9.10 Å². The molecule has 28 heavy (non-hydrogen) atoms. The van der Waals surface area contributed by atoms with Crippen molar-refractivity contribution in [2.75, 3.05) is 23.7 Å². The Morgan fingerprint density at radius 1 is 1.21 bits per heavy atom. The topological polar surface area (TPSA) is 75.7 Å². The molecule has 0 aromatic heterocycles. The highest BCUT2D eigenvalue weighted by Crippen LogP contribution is 2.26. The average molecular weight is 425 g/mol. The second-order valence-corrected chi connectivity index (χ2v) is 8.86. The Morgan fingerprint density at radius 3 is 2.54 bits per heavy atom. The largest absolute Gasteiger partial charge is 0.490 e. The fourth-order valence-electron chi connectivity index (χ4n) is 2.78. The molecule has 0 heterocycles. The molecule has 0 radical (unpaired) electrons. The number of halogens is 1. The zero-order chi connectivity index (χ0) is 20.9. The van der Waals surface area contributed by atoms with Gasteiger partial charge in [0.2, 0.25) is 15.9 Å². The van der Waals surface area contributed by atoms with Crippen LogP contribution in [0, 0.1) is 13.8 Å². The second-order valence-electron chi connectivity index (χ2n) is 6.59. The second kappa shape index (κ2) is 9.30. The fraction of sp³-hybridized carbons (Fsp3) is 0.350. The first kappa shape index (κ1) is 22.0. The van der Waals surface area contributed by atoms with Crippen LogP contribution in [0.4, 0.5) is 5.69 Å². The number of hydrogen-bond donors (Lipinski definition) is 1. The van der Waals surface area contributed by atoms with Gasteiger partial charge in [-0.1, -0.05) is 35.9 Å². The van der Waals surface area contributed by atoms with Gasteiger partial charge >= 0.3 is 0 Å². The van der Waals surface area contributed by atoms with Gasteiger partial charge in [0, 0.05) is 0 Å². The lowest BCUT2D eigenvalue weighted by Gasteiger charge is -2.29. The van der Waals surface area contributed by atoms with Crippen LogP contribution in [0.15, 0.2) is 42.5 Å². The van der Waals surface area contributed by atoms with Crippen molar-refractivity contribution >= 4 is 33.2 Å². The van der Waals surface area contributed by atoms with Crippen molar-refractivity contribution < 1.29 is 17.9 Å². The molecule has 0 aliphatic rings. The molecule has 6 nitrogen and oxygen atoms in total. The molecule has 2 aromatic carbocycles. The van der Waals surface area contributed by atoms with Gasteiger partial charge in [-0.05, 0) is 50.1 Å². The number of ether oxygens (including phenoxy) is 1. The molecule has 1 N–H and O–H groups in total. The zero-order valence-electron chi connectivity index (χ0n) is 16.4. The lowest BCUT2D eigenvalue weighted by molar-refractivity contribution is -0.121. The number of carbonyl (C=O) groups is 1. The maximum absolute atomic E-state index is 12.6. The summed E-state index contributed by atoms with van der Waals surface area (Å²) >= 11 is 6.02. The van der Waals surface area contributed by atoms with E-state index in [1.54, 1.807) is 37.3 Å². The summed E-state index contributed by atoms with van der Waals surface area (Å²) < 4.78 is 31.5. The predicted octanol–water partition coefficient (Wildman–Crippen LogP) is 3.31. The molecule has 0 aliphatic carbocycles. The van der Waals surface area contributed by atoms with E-state index < -0.39 is 22.0 Å². The fourth-order valence-corrected chi connectivity index (χ4v) is 4.20. The molecule has 0 saturated carbocycles. The molecular weight excluding hydrogens is 400 g/mol. The molecule has 152 valence electrons. The van der Waals surface area contributed by atoms with Crippen LogP contribution in [0.25, 0.3) is 0 Å². The Labute approximate surface area is 171 Å². The summed E-state index contributed by atoms with van der Waals surface area (Å²) in [4.78, 5) is 12.6. The Balaban J connectivity index is 2.06. The Hall–Kier alpha value is -2.25. The van der Waals surface area contributed by atoms with Crippen LogP contribution in [0.1, 0.15) is 18.1 Å². The summed E-state index contributed by atoms with van der Waals surface area (Å²) in [6.45, 7) is 5.69. The molecule has 0 unspecified atom stereocenters. The third kappa shape index (κ3) is 5.62. The third-order valence-corrected chi connectivity index (χ3v) is 5.73. The number of nitrogens with one attached hydrogen (secondary N) is 1. The zero-order valence-corrected chi connectivity index (χ0v) is 18.0. The number of rotatable bonds is 8. The van der Waals surface area contributed by atoms with Gasteiger partial charge in [-0.2, -0.15) is 0 Å². The Kier molecular flexibility index (Phi) is 7.32. The lowest BCUT2D eigenvalue weighted by Crippen LogP contribution is -2.48. The van der Waals surface area contributed by atoms with E-state index in [4.69, 9.17) is 16.3 Å². The van der Waals surface area contributed by atoms with Crippen LogP contribution in [-0.2, 0) is 14.8 Å². The number of anilines is 1. The van der Waals surface area contributed by atoms with Crippen molar-refractivity contribution in [2.45, 2.75) is 26.8 Å². The van der Waals surface area contributed by atoms with Crippen molar-refractivity contribution in [1.82, 2.24) is 5.32 Å². The average Bonchev–Trinajstić information content (AvgIpc) is 2.61. The monoisotopic (exact) mass is 424 g/mol. The van der Waals surface area contributed by atoms with Crippen molar-refractivity contribution in [3.63, 3.8) is 0 Å². The van der Waals surface area contributed by atoms with E-state index in [0.29, 0.717) is 16.5 Å². The SMILES string of the molecule is Cc1ccc(C)c(N([C@@H](C)C(=O)NCCOc2ccccc2Cl)S(C)(=O)=O)c1. The number of benzene rings is 2. The minimum atomic E-state index is -3.66. The molecule has 0 fully saturated rings. The standard InChI is InChI=1S/C20H25ClN2O4S/c1-14-9-10-15(2)18(13-14)23(28(4,25)26)16(3)20(24)22-11-12-27-19-8-6-5-7-17(19)21/h5-10,13,16H,11-12H2,1-4H3,(H,22,24)/t16-/m0/s1. The van der Waals surface area contributed by atoms with E-state index in [0.717, 1.165) is 21.7 Å². The van der Waals surface area contributed by atoms with Gasteiger partial charge in [0.05, 0.1) is 23.5 Å². The minimum Gasteiger partial charge on any atom is -0.490 e. The van der Waals surface area contributed by atoms with Crippen LogP contribution < -0.4 is 14.4 Å². The van der Waals surface area contributed by atoms with Crippen LogP contribution in [-0.4, -0.2) is 39.8 Å². The number of amides is 1. The summed E-state index contributed by atoms with van der Waals surface area (Å²) in [5.41, 5.74) is 2.19. The maximum Gasteiger partial charge on any atom is 0.243 e. The van der Waals surface area contributed by atoms with E-state index in [-0.39, 0.29) is 13.2 Å². The number of para-hydroxylation sites is 1. The smallest absolute Gasteiger partial charge is 0.243 e. The molecule has 2 rings (SSSR count).